The van der Waals surface area contributed by atoms with Gasteiger partial charge < -0.3 is 14.8 Å². The van der Waals surface area contributed by atoms with Gasteiger partial charge in [0.25, 0.3) is 5.91 Å². The van der Waals surface area contributed by atoms with Crippen molar-refractivity contribution in [3.05, 3.63) is 40.7 Å². The number of ether oxygens (including phenoxy) is 2. The summed E-state index contributed by atoms with van der Waals surface area (Å²) in [7, 11) is 1.93. The van der Waals surface area contributed by atoms with Crippen molar-refractivity contribution in [3.8, 4) is 11.5 Å². The fourth-order valence-corrected chi connectivity index (χ4v) is 3.11. The van der Waals surface area contributed by atoms with Gasteiger partial charge in [-0.15, -0.1) is 0 Å². The Bertz CT molecular complexity index is 751. The maximum absolute atomic E-state index is 12.3. The fourth-order valence-electron chi connectivity index (χ4n) is 3.11. The quantitative estimate of drug-likeness (QED) is 0.934. The van der Waals surface area contributed by atoms with Crippen LogP contribution >= 0.6 is 0 Å². The van der Waals surface area contributed by atoms with Gasteiger partial charge in [0.1, 0.15) is 0 Å². The molecule has 0 saturated heterocycles. The standard InChI is InChI=1S/C16H17N3O3/c1-19-13(11-3-2-4-12(11)18-19)8-17-16(20)10-5-6-14-15(7-10)22-9-21-14/h5-7H,2-4,8-9H2,1H3,(H,17,20). The van der Waals surface area contributed by atoms with E-state index in [0.29, 0.717) is 23.6 Å². The van der Waals surface area contributed by atoms with Gasteiger partial charge in [0, 0.05) is 12.6 Å². The Hall–Kier alpha value is -2.50. The summed E-state index contributed by atoms with van der Waals surface area (Å²) in [6, 6.07) is 5.22. The van der Waals surface area contributed by atoms with E-state index in [9.17, 15) is 4.79 Å². The van der Waals surface area contributed by atoms with E-state index in [1.165, 1.54) is 11.3 Å². The molecule has 0 fully saturated rings. The Labute approximate surface area is 128 Å². The van der Waals surface area contributed by atoms with Gasteiger partial charge in [0.05, 0.1) is 17.9 Å². The third-order valence-corrected chi connectivity index (χ3v) is 4.25. The number of carbonyl (C=O) groups excluding carboxylic acids is 1. The van der Waals surface area contributed by atoms with Crippen molar-refractivity contribution in [2.24, 2.45) is 7.05 Å². The first kappa shape index (κ1) is 13.2. The van der Waals surface area contributed by atoms with Gasteiger partial charge in [-0.3, -0.25) is 9.48 Å². The number of nitrogens with one attached hydrogen (secondary N) is 1. The first-order valence-electron chi connectivity index (χ1n) is 7.44. The highest BCUT2D eigenvalue weighted by molar-refractivity contribution is 5.94. The number of hydrogen-bond donors (Lipinski definition) is 1. The average molecular weight is 299 g/mol. The van der Waals surface area contributed by atoms with Crippen LogP contribution in [0.3, 0.4) is 0 Å². The summed E-state index contributed by atoms with van der Waals surface area (Å²) in [5, 5.41) is 7.48. The minimum absolute atomic E-state index is 0.119. The van der Waals surface area contributed by atoms with Crippen molar-refractivity contribution in [1.82, 2.24) is 15.1 Å². The molecule has 2 aromatic rings. The molecule has 2 aliphatic rings. The number of hydrogen-bond acceptors (Lipinski definition) is 4. The third kappa shape index (κ3) is 2.11. The average Bonchev–Trinajstić information content (AvgIpc) is 3.20. The zero-order chi connectivity index (χ0) is 15.1. The largest absolute Gasteiger partial charge is 0.454 e. The molecular weight excluding hydrogens is 282 g/mol. The lowest BCUT2D eigenvalue weighted by Crippen LogP contribution is -2.24. The maximum atomic E-state index is 12.3. The molecular formula is C16H17N3O3. The van der Waals surface area contributed by atoms with Crippen LogP contribution in [0.2, 0.25) is 0 Å². The SMILES string of the molecule is Cn1nc2c(c1CNC(=O)c1ccc3c(c1)OCO3)CCC2. The normalized spacial score (nSPS) is 15.0. The molecule has 1 aliphatic heterocycles. The summed E-state index contributed by atoms with van der Waals surface area (Å²) >= 11 is 0. The first-order valence-corrected chi connectivity index (χ1v) is 7.44. The molecule has 4 rings (SSSR count). The lowest BCUT2D eigenvalue weighted by Gasteiger charge is -2.08. The summed E-state index contributed by atoms with van der Waals surface area (Å²) in [6.45, 7) is 0.702. The van der Waals surface area contributed by atoms with Crippen LogP contribution in [-0.2, 0) is 26.4 Å². The van der Waals surface area contributed by atoms with E-state index in [4.69, 9.17) is 9.47 Å². The fraction of sp³-hybridized carbons (Fsp3) is 0.375. The van der Waals surface area contributed by atoms with Crippen molar-refractivity contribution in [1.29, 1.82) is 0 Å². The van der Waals surface area contributed by atoms with Crippen molar-refractivity contribution in [2.45, 2.75) is 25.8 Å². The summed E-state index contributed by atoms with van der Waals surface area (Å²) in [5.41, 5.74) is 4.15. The van der Waals surface area contributed by atoms with Gasteiger partial charge in [-0.1, -0.05) is 0 Å². The molecule has 0 spiro atoms. The van der Waals surface area contributed by atoms with Gasteiger partial charge in [-0.25, -0.2) is 0 Å². The first-order chi connectivity index (χ1) is 10.7. The second kappa shape index (κ2) is 5.05. The molecule has 0 bridgehead atoms. The highest BCUT2D eigenvalue weighted by Gasteiger charge is 2.21. The zero-order valence-electron chi connectivity index (χ0n) is 12.4. The molecule has 0 atom stereocenters. The van der Waals surface area contributed by atoms with Crippen LogP contribution in [0.5, 0.6) is 11.5 Å². The van der Waals surface area contributed by atoms with Crippen LogP contribution in [0.4, 0.5) is 0 Å². The van der Waals surface area contributed by atoms with E-state index in [-0.39, 0.29) is 12.7 Å². The lowest BCUT2D eigenvalue weighted by atomic mass is 10.1. The van der Waals surface area contributed by atoms with Crippen LogP contribution < -0.4 is 14.8 Å². The molecule has 0 saturated carbocycles. The molecule has 1 aliphatic carbocycles. The van der Waals surface area contributed by atoms with E-state index < -0.39 is 0 Å². The van der Waals surface area contributed by atoms with E-state index >= 15 is 0 Å². The van der Waals surface area contributed by atoms with Crippen LogP contribution in [0.1, 0.15) is 33.7 Å². The Balaban J connectivity index is 1.49. The number of fused-ring (bicyclic) bond motifs is 2. The Kier molecular flexibility index (Phi) is 3.03. The van der Waals surface area contributed by atoms with Crippen LogP contribution in [0, 0.1) is 0 Å². The number of amides is 1. The monoisotopic (exact) mass is 299 g/mol. The van der Waals surface area contributed by atoms with E-state index in [2.05, 4.69) is 10.4 Å². The predicted molar refractivity (Wildman–Crippen MR) is 79.0 cm³/mol. The van der Waals surface area contributed by atoms with Crippen molar-refractivity contribution < 1.29 is 14.3 Å². The molecule has 1 aromatic heterocycles. The molecule has 1 aromatic carbocycles. The van der Waals surface area contributed by atoms with Gasteiger partial charge in [-0.2, -0.15) is 5.10 Å². The summed E-state index contributed by atoms with van der Waals surface area (Å²) in [6.07, 6.45) is 3.25. The highest BCUT2D eigenvalue weighted by Crippen LogP contribution is 2.32. The van der Waals surface area contributed by atoms with Crippen molar-refractivity contribution in [3.63, 3.8) is 0 Å². The maximum Gasteiger partial charge on any atom is 0.251 e. The number of carbonyl (C=O) groups is 1. The molecule has 6 nitrogen and oxygen atoms in total. The molecule has 114 valence electrons. The lowest BCUT2D eigenvalue weighted by molar-refractivity contribution is 0.0949. The van der Waals surface area contributed by atoms with Crippen LogP contribution in [0.25, 0.3) is 0 Å². The van der Waals surface area contributed by atoms with Gasteiger partial charge >= 0.3 is 0 Å². The predicted octanol–water partition coefficient (Wildman–Crippen LogP) is 1.57. The molecule has 2 heterocycles. The number of aryl methyl sites for hydroxylation is 2. The van der Waals surface area contributed by atoms with Crippen molar-refractivity contribution >= 4 is 5.91 Å². The Morgan fingerprint density at radius 3 is 3.09 bits per heavy atom. The van der Waals surface area contributed by atoms with Gasteiger partial charge in [0.2, 0.25) is 6.79 Å². The minimum atomic E-state index is -0.119. The van der Waals surface area contributed by atoms with Crippen molar-refractivity contribution in [2.75, 3.05) is 6.79 Å². The van der Waals surface area contributed by atoms with Gasteiger partial charge in [0.15, 0.2) is 11.5 Å². The number of nitrogens with zero attached hydrogens (tertiary/aromatic N) is 2. The third-order valence-electron chi connectivity index (χ3n) is 4.25. The second-order valence-electron chi connectivity index (χ2n) is 5.60. The summed E-state index contributed by atoms with van der Waals surface area (Å²) in [5.74, 6) is 1.18. The number of aromatic nitrogens is 2. The van der Waals surface area contributed by atoms with Gasteiger partial charge in [-0.05, 0) is 43.0 Å². The van der Waals surface area contributed by atoms with E-state index in [0.717, 1.165) is 25.0 Å². The topological polar surface area (TPSA) is 65.4 Å². The molecule has 1 N–H and O–H groups in total. The zero-order valence-corrected chi connectivity index (χ0v) is 12.4. The molecule has 22 heavy (non-hydrogen) atoms. The molecule has 0 radical (unpaired) electrons. The Morgan fingerprint density at radius 1 is 1.32 bits per heavy atom. The molecule has 0 unspecified atom stereocenters. The molecule has 6 heteroatoms. The smallest absolute Gasteiger partial charge is 0.251 e. The Morgan fingerprint density at radius 2 is 2.18 bits per heavy atom. The molecule has 1 amide bonds. The highest BCUT2D eigenvalue weighted by atomic mass is 16.7. The van der Waals surface area contributed by atoms with E-state index in [1.54, 1.807) is 18.2 Å². The number of rotatable bonds is 3. The van der Waals surface area contributed by atoms with Crippen LogP contribution in [0.15, 0.2) is 18.2 Å². The van der Waals surface area contributed by atoms with Crippen LogP contribution in [-0.4, -0.2) is 22.5 Å². The summed E-state index contributed by atoms with van der Waals surface area (Å²) < 4.78 is 12.4. The number of benzene rings is 1. The second-order valence-corrected chi connectivity index (χ2v) is 5.60. The summed E-state index contributed by atoms with van der Waals surface area (Å²) in [4.78, 5) is 12.3. The minimum Gasteiger partial charge on any atom is -0.454 e. The van der Waals surface area contributed by atoms with E-state index in [1.807, 2.05) is 11.7 Å².